The molecular formula is C14H21FN2O2. The van der Waals surface area contributed by atoms with E-state index >= 15 is 0 Å². The van der Waals surface area contributed by atoms with E-state index in [4.69, 9.17) is 10.5 Å². The molecule has 0 fully saturated rings. The van der Waals surface area contributed by atoms with Crippen molar-refractivity contribution in [3.63, 3.8) is 0 Å². The standard InChI is InChI=1S/C14H21FN2O2/c1-9(2)17-14(18)8-19-13-6-11(4-10(3)16)5-12(15)7-13/h5-7,9-10H,4,8,16H2,1-3H3,(H,17,18). The zero-order valence-corrected chi connectivity index (χ0v) is 11.6. The smallest absolute Gasteiger partial charge is 0.258 e. The summed E-state index contributed by atoms with van der Waals surface area (Å²) in [7, 11) is 0. The van der Waals surface area contributed by atoms with Crippen molar-refractivity contribution >= 4 is 5.91 Å². The van der Waals surface area contributed by atoms with Crippen LogP contribution in [-0.2, 0) is 11.2 Å². The predicted octanol–water partition coefficient (Wildman–Crippen LogP) is 1.62. The van der Waals surface area contributed by atoms with E-state index in [2.05, 4.69) is 5.32 Å². The lowest BCUT2D eigenvalue weighted by Gasteiger charge is -2.11. The molecule has 1 rings (SSSR count). The number of carbonyl (C=O) groups is 1. The van der Waals surface area contributed by atoms with Crippen molar-refractivity contribution < 1.29 is 13.9 Å². The van der Waals surface area contributed by atoms with Crippen molar-refractivity contribution in [2.45, 2.75) is 39.3 Å². The number of rotatable bonds is 6. The first kappa shape index (κ1) is 15.4. The van der Waals surface area contributed by atoms with E-state index in [1.54, 1.807) is 6.07 Å². The lowest BCUT2D eigenvalue weighted by molar-refractivity contribution is -0.123. The number of amides is 1. The highest BCUT2D eigenvalue weighted by molar-refractivity contribution is 5.77. The Balaban J connectivity index is 2.63. The van der Waals surface area contributed by atoms with Crippen LogP contribution < -0.4 is 15.8 Å². The highest BCUT2D eigenvalue weighted by Gasteiger charge is 2.07. The maximum absolute atomic E-state index is 13.4. The quantitative estimate of drug-likeness (QED) is 0.824. The van der Waals surface area contributed by atoms with Crippen LogP contribution in [0.1, 0.15) is 26.3 Å². The van der Waals surface area contributed by atoms with E-state index in [-0.39, 0.29) is 24.6 Å². The zero-order chi connectivity index (χ0) is 14.4. The van der Waals surface area contributed by atoms with Gasteiger partial charge in [0.2, 0.25) is 0 Å². The third-order valence-electron chi connectivity index (χ3n) is 2.31. The normalized spacial score (nSPS) is 12.3. The molecule has 3 N–H and O–H groups in total. The van der Waals surface area contributed by atoms with Gasteiger partial charge in [-0.3, -0.25) is 4.79 Å². The number of nitrogens with two attached hydrogens (primary N) is 1. The number of ether oxygens (including phenoxy) is 1. The molecule has 1 unspecified atom stereocenters. The van der Waals surface area contributed by atoms with E-state index in [0.717, 1.165) is 5.56 Å². The topological polar surface area (TPSA) is 64.3 Å². The second-order valence-electron chi connectivity index (χ2n) is 4.99. The van der Waals surface area contributed by atoms with Crippen LogP contribution in [0.15, 0.2) is 18.2 Å². The lowest BCUT2D eigenvalue weighted by atomic mass is 10.1. The molecule has 4 nitrogen and oxygen atoms in total. The van der Waals surface area contributed by atoms with Crippen molar-refractivity contribution in [1.29, 1.82) is 0 Å². The molecule has 1 aromatic rings. The second kappa shape index (κ2) is 7.09. The summed E-state index contributed by atoms with van der Waals surface area (Å²) >= 11 is 0. The Morgan fingerprint density at radius 2 is 2.05 bits per heavy atom. The molecule has 19 heavy (non-hydrogen) atoms. The Kier molecular flexibility index (Phi) is 5.76. The molecule has 0 spiro atoms. The van der Waals surface area contributed by atoms with Gasteiger partial charge in [0.05, 0.1) is 0 Å². The predicted molar refractivity (Wildman–Crippen MR) is 72.5 cm³/mol. The first-order valence-corrected chi connectivity index (χ1v) is 6.34. The van der Waals surface area contributed by atoms with Gasteiger partial charge >= 0.3 is 0 Å². The van der Waals surface area contributed by atoms with Crippen LogP contribution in [0.5, 0.6) is 5.75 Å². The van der Waals surface area contributed by atoms with Crippen LogP contribution >= 0.6 is 0 Å². The maximum Gasteiger partial charge on any atom is 0.258 e. The molecule has 0 saturated heterocycles. The van der Waals surface area contributed by atoms with Crippen LogP contribution in [0.25, 0.3) is 0 Å². The van der Waals surface area contributed by atoms with Crippen LogP contribution in [0.3, 0.4) is 0 Å². The summed E-state index contributed by atoms with van der Waals surface area (Å²) in [6.45, 7) is 5.45. The molecule has 0 aliphatic rings. The summed E-state index contributed by atoms with van der Waals surface area (Å²) in [5.41, 5.74) is 6.43. The van der Waals surface area contributed by atoms with E-state index in [9.17, 15) is 9.18 Å². The highest BCUT2D eigenvalue weighted by atomic mass is 19.1. The Morgan fingerprint density at radius 1 is 1.37 bits per heavy atom. The summed E-state index contributed by atoms with van der Waals surface area (Å²) < 4.78 is 18.7. The average Bonchev–Trinajstić information content (AvgIpc) is 2.23. The molecule has 106 valence electrons. The molecule has 0 aromatic heterocycles. The number of nitrogens with one attached hydrogen (secondary N) is 1. The first-order valence-electron chi connectivity index (χ1n) is 6.34. The number of hydrogen-bond acceptors (Lipinski definition) is 3. The van der Waals surface area contributed by atoms with Gasteiger partial charge in [-0.15, -0.1) is 0 Å². The molecule has 1 amide bonds. The van der Waals surface area contributed by atoms with E-state index in [0.29, 0.717) is 12.2 Å². The fraction of sp³-hybridized carbons (Fsp3) is 0.500. The summed E-state index contributed by atoms with van der Waals surface area (Å²) in [4.78, 5) is 11.4. The number of benzene rings is 1. The highest BCUT2D eigenvalue weighted by Crippen LogP contribution is 2.17. The minimum absolute atomic E-state index is 0.0530. The van der Waals surface area contributed by atoms with Crippen LogP contribution in [0.2, 0.25) is 0 Å². The molecule has 0 bridgehead atoms. The van der Waals surface area contributed by atoms with Gasteiger partial charge in [0.25, 0.3) is 5.91 Å². The summed E-state index contributed by atoms with van der Waals surface area (Å²) in [5, 5.41) is 2.70. The summed E-state index contributed by atoms with van der Waals surface area (Å²) in [5.74, 6) is -0.278. The largest absolute Gasteiger partial charge is 0.484 e. The second-order valence-corrected chi connectivity index (χ2v) is 4.99. The fourth-order valence-corrected chi connectivity index (χ4v) is 1.71. The Labute approximate surface area is 113 Å². The van der Waals surface area contributed by atoms with E-state index in [1.807, 2.05) is 20.8 Å². The van der Waals surface area contributed by atoms with Crippen molar-refractivity contribution in [2.75, 3.05) is 6.61 Å². The number of hydrogen-bond donors (Lipinski definition) is 2. The number of halogens is 1. The van der Waals surface area contributed by atoms with Gasteiger partial charge in [-0.1, -0.05) is 0 Å². The molecule has 0 aliphatic heterocycles. The molecule has 0 saturated carbocycles. The molecule has 0 radical (unpaired) electrons. The summed E-state index contributed by atoms with van der Waals surface area (Å²) in [6.07, 6.45) is 0.562. The molecule has 5 heteroatoms. The third kappa shape index (κ3) is 6.20. The molecule has 1 atom stereocenters. The maximum atomic E-state index is 13.4. The van der Waals surface area contributed by atoms with Crippen molar-refractivity contribution in [3.05, 3.63) is 29.6 Å². The minimum Gasteiger partial charge on any atom is -0.484 e. The molecular weight excluding hydrogens is 247 g/mol. The Hall–Kier alpha value is -1.62. The van der Waals surface area contributed by atoms with Crippen molar-refractivity contribution in [3.8, 4) is 5.75 Å². The third-order valence-corrected chi connectivity index (χ3v) is 2.31. The zero-order valence-electron chi connectivity index (χ0n) is 11.6. The van der Waals surface area contributed by atoms with Gasteiger partial charge in [-0.2, -0.15) is 0 Å². The van der Waals surface area contributed by atoms with Gasteiger partial charge < -0.3 is 15.8 Å². The Bertz CT molecular complexity index is 433. The lowest BCUT2D eigenvalue weighted by Crippen LogP contribution is -2.34. The van der Waals surface area contributed by atoms with E-state index < -0.39 is 5.82 Å². The molecule has 0 aliphatic carbocycles. The fourth-order valence-electron chi connectivity index (χ4n) is 1.71. The van der Waals surface area contributed by atoms with Gasteiger partial charge in [-0.25, -0.2) is 4.39 Å². The van der Waals surface area contributed by atoms with Crippen LogP contribution in [-0.4, -0.2) is 24.6 Å². The minimum atomic E-state index is -0.391. The number of carbonyl (C=O) groups excluding carboxylic acids is 1. The average molecular weight is 268 g/mol. The first-order chi connectivity index (χ1) is 8.86. The molecule has 1 aromatic carbocycles. The van der Waals surface area contributed by atoms with Gasteiger partial charge in [0, 0.05) is 18.2 Å². The van der Waals surface area contributed by atoms with Crippen molar-refractivity contribution in [2.24, 2.45) is 5.73 Å². The van der Waals surface area contributed by atoms with Crippen LogP contribution in [0, 0.1) is 5.82 Å². The Morgan fingerprint density at radius 3 is 2.63 bits per heavy atom. The summed E-state index contributed by atoms with van der Waals surface area (Å²) in [6, 6.07) is 4.38. The van der Waals surface area contributed by atoms with Crippen LogP contribution in [0.4, 0.5) is 4.39 Å². The van der Waals surface area contributed by atoms with E-state index in [1.165, 1.54) is 12.1 Å². The van der Waals surface area contributed by atoms with Gasteiger partial charge in [0.1, 0.15) is 11.6 Å². The SMILES string of the molecule is CC(N)Cc1cc(F)cc(OCC(=O)NC(C)C)c1. The monoisotopic (exact) mass is 268 g/mol. The van der Waals surface area contributed by atoms with Gasteiger partial charge in [0.15, 0.2) is 6.61 Å². The van der Waals surface area contributed by atoms with Crippen molar-refractivity contribution in [1.82, 2.24) is 5.32 Å². The molecule has 0 heterocycles. The van der Waals surface area contributed by atoms with Gasteiger partial charge in [-0.05, 0) is 44.9 Å².